The topological polar surface area (TPSA) is 76.5 Å². The Morgan fingerprint density at radius 3 is 2.70 bits per heavy atom. The molecule has 1 aliphatic heterocycles. The van der Waals surface area contributed by atoms with Gasteiger partial charge in [-0.3, -0.25) is 4.79 Å². The SMILES string of the molecule is CCc1cc(C(=O)N2CCC(c3cc4nc(C(C)C)cc(C(F)(F)F)n4n3)C2)on1. The van der Waals surface area contributed by atoms with E-state index in [1.54, 1.807) is 30.9 Å². The molecule has 3 aromatic rings. The number of aromatic nitrogens is 4. The summed E-state index contributed by atoms with van der Waals surface area (Å²) >= 11 is 0. The molecule has 1 amide bonds. The highest BCUT2D eigenvalue weighted by atomic mass is 19.4. The number of carbonyl (C=O) groups excluding carboxylic acids is 1. The molecule has 1 aliphatic rings. The van der Waals surface area contributed by atoms with E-state index in [0.29, 0.717) is 43.0 Å². The minimum atomic E-state index is -4.55. The van der Waals surface area contributed by atoms with E-state index in [0.717, 1.165) is 10.6 Å². The van der Waals surface area contributed by atoms with Gasteiger partial charge in [0.15, 0.2) is 5.65 Å². The van der Waals surface area contributed by atoms with Crippen LogP contribution in [-0.4, -0.2) is 43.7 Å². The second kappa shape index (κ2) is 7.41. The first-order valence-corrected chi connectivity index (χ1v) is 9.90. The molecule has 7 nitrogen and oxygen atoms in total. The number of aryl methyl sites for hydroxylation is 1. The smallest absolute Gasteiger partial charge is 0.351 e. The average molecular weight is 421 g/mol. The Morgan fingerprint density at radius 1 is 1.30 bits per heavy atom. The third-order valence-electron chi connectivity index (χ3n) is 5.37. The number of nitrogens with zero attached hydrogens (tertiary/aromatic N) is 5. The Morgan fingerprint density at radius 2 is 2.07 bits per heavy atom. The first kappa shape index (κ1) is 20.4. The van der Waals surface area contributed by atoms with E-state index in [2.05, 4.69) is 15.2 Å². The van der Waals surface area contributed by atoms with Crippen molar-refractivity contribution < 1.29 is 22.5 Å². The first-order valence-electron chi connectivity index (χ1n) is 9.90. The Kier molecular flexibility index (Phi) is 5.03. The van der Waals surface area contributed by atoms with Crippen LogP contribution in [0.2, 0.25) is 0 Å². The molecule has 30 heavy (non-hydrogen) atoms. The van der Waals surface area contributed by atoms with Gasteiger partial charge in [-0.25, -0.2) is 9.50 Å². The summed E-state index contributed by atoms with van der Waals surface area (Å²) in [5.74, 6) is -0.425. The lowest BCUT2D eigenvalue weighted by Gasteiger charge is -2.13. The van der Waals surface area contributed by atoms with Crippen LogP contribution in [0.5, 0.6) is 0 Å². The zero-order chi connectivity index (χ0) is 21.6. The van der Waals surface area contributed by atoms with E-state index >= 15 is 0 Å². The van der Waals surface area contributed by atoms with E-state index < -0.39 is 11.9 Å². The van der Waals surface area contributed by atoms with Crippen molar-refractivity contribution in [3.8, 4) is 0 Å². The molecule has 0 radical (unpaired) electrons. The van der Waals surface area contributed by atoms with Gasteiger partial charge in [-0.2, -0.15) is 18.3 Å². The predicted octanol–water partition coefficient (Wildman–Crippen LogP) is 4.05. The van der Waals surface area contributed by atoms with Gasteiger partial charge in [-0.1, -0.05) is 25.9 Å². The van der Waals surface area contributed by atoms with Gasteiger partial charge in [0.05, 0.1) is 11.4 Å². The fraction of sp³-hybridized carbons (Fsp3) is 0.500. The van der Waals surface area contributed by atoms with Gasteiger partial charge in [0.1, 0.15) is 5.69 Å². The Hall–Kier alpha value is -2.91. The molecule has 0 aromatic carbocycles. The van der Waals surface area contributed by atoms with Gasteiger partial charge in [0, 0.05) is 36.8 Å². The van der Waals surface area contributed by atoms with Crippen molar-refractivity contribution in [3.63, 3.8) is 0 Å². The monoisotopic (exact) mass is 421 g/mol. The van der Waals surface area contributed by atoms with Crippen molar-refractivity contribution in [2.75, 3.05) is 13.1 Å². The molecule has 0 aliphatic carbocycles. The van der Waals surface area contributed by atoms with Crippen LogP contribution in [0.1, 0.15) is 72.4 Å². The molecule has 1 unspecified atom stereocenters. The van der Waals surface area contributed by atoms with Crippen LogP contribution in [0.25, 0.3) is 5.65 Å². The van der Waals surface area contributed by atoms with E-state index in [1.807, 2.05) is 6.92 Å². The molecule has 0 bridgehead atoms. The third-order valence-corrected chi connectivity index (χ3v) is 5.37. The van der Waals surface area contributed by atoms with Crippen molar-refractivity contribution in [3.05, 3.63) is 46.7 Å². The van der Waals surface area contributed by atoms with Crippen molar-refractivity contribution in [2.45, 2.75) is 51.6 Å². The zero-order valence-corrected chi connectivity index (χ0v) is 16.9. The molecular formula is C20H22F3N5O2. The molecule has 4 rings (SSSR count). The highest BCUT2D eigenvalue weighted by Gasteiger charge is 2.37. The minimum absolute atomic E-state index is 0.149. The lowest BCUT2D eigenvalue weighted by atomic mass is 10.1. The third kappa shape index (κ3) is 3.66. The summed E-state index contributed by atoms with van der Waals surface area (Å²) in [6, 6.07) is 4.26. The van der Waals surface area contributed by atoms with Crippen LogP contribution in [-0.2, 0) is 12.6 Å². The van der Waals surface area contributed by atoms with Gasteiger partial charge in [0.25, 0.3) is 5.91 Å². The van der Waals surface area contributed by atoms with Gasteiger partial charge in [-0.15, -0.1) is 0 Å². The molecule has 1 saturated heterocycles. The summed E-state index contributed by atoms with van der Waals surface area (Å²) in [7, 11) is 0. The second-order valence-electron chi connectivity index (χ2n) is 7.83. The van der Waals surface area contributed by atoms with Crippen LogP contribution < -0.4 is 0 Å². The van der Waals surface area contributed by atoms with Crippen LogP contribution in [0.15, 0.2) is 22.7 Å². The fourth-order valence-electron chi connectivity index (χ4n) is 3.63. The molecule has 1 fully saturated rings. The highest BCUT2D eigenvalue weighted by molar-refractivity contribution is 5.91. The summed E-state index contributed by atoms with van der Waals surface area (Å²) < 4.78 is 46.7. The predicted molar refractivity (Wildman–Crippen MR) is 101 cm³/mol. The van der Waals surface area contributed by atoms with Gasteiger partial charge >= 0.3 is 6.18 Å². The first-order chi connectivity index (χ1) is 14.2. The molecule has 160 valence electrons. The van der Waals surface area contributed by atoms with Crippen molar-refractivity contribution in [1.82, 2.24) is 24.7 Å². The highest BCUT2D eigenvalue weighted by Crippen LogP contribution is 2.33. The van der Waals surface area contributed by atoms with Crippen LogP contribution in [0, 0.1) is 0 Å². The second-order valence-corrected chi connectivity index (χ2v) is 7.83. The Balaban J connectivity index is 1.61. The molecule has 4 heterocycles. The standard InChI is InChI=1S/C20H22F3N5O2/c1-4-13-7-16(30-26-13)19(29)27-6-5-12(10-27)15-9-18-24-14(11(2)3)8-17(20(21,22)23)28(18)25-15/h7-9,11-12H,4-6,10H2,1-3H3. The number of likely N-dealkylation sites (tertiary alicyclic amines) is 1. The van der Waals surface area contributed by atoms with Gasteiger partial charge in [0.2, 0.25) is 5.76 Å². The normalized spacial score (nSPS) is 17.4. The Labute approximate surface area is 170 Å². The van der Waals surface area contributed by atoms with Crippen LogP contribution >= 0.6 is 0 Å². The molecule has 3 aromatic heterocycles. The number of amides is 1. The number of rotatable bonds is 4. The summed E-state index contributed by atoms with van der Waals surface area (Å²) in [5.41, 5.74) is 0.872. The summed E-state index contributed by atoms with van der Waals surface area (Å²) in [6.07, 6.45) is -3.29. The van der Waals surface area contributed by atoms with E-state index in [1.165, 1.54) is 0 Å². The van der Waals surface area contributed by atoms with Crippen LogP contribution in [0.4, 0.5) is 13.2 Å². The van der Waals surface area contributed by atoms with E-state index in [9.17, 15) is 18.0 Å². The van der Waals surface area contributed by atoms with Crippen molar-refractivity contribution in [1.29, 1.82) is 0 Å². The van der Waals surface area contributed by atoms with E-state index in [4.69, 9.17) is 4.52 Å². The van der Waals surface area contributed by atoms with Gasteiger partial charge < -0.3 is 9.42 Å². The fourth-order valence-corrected chi connectivity index (χ4v) is 3.63. The molecule has 0 N–H and O–H groups in total. The molecule has 0 spiro atoms. The largest absolute Gasteiger partial charge is 0.433 e. The summed E-state index contributed by atoms with van der Waals surface area (Å²) in [4.78, 5) is 18.6. The quantitative estimate of drug-likeness (QED) is 0.635. The number of carbonyl (C=O) groups is 1. The lowest BCUT2D eigenvalue weighted by Crippen LogP contribution is -2.28. The number of fused-ring (bicyclic) bond motifs is 1. The molecular weight excluding hydrogens is 399 g/mol. The molecule has 0 saturated carbocycles. The van der Waals surface area contributed by atoms with E-state index in [-0.39, 0.29) is 29.2 Å². The minimum Gasteiger partial charge on any atom is -0.351 e. The zero-order valence-electron chi connectivity index (χ0n) is 16.9. The molecule has 1 atom stereocenters. The van der Waals surface area contributed by atoms with Gasteiger partial charge in [-0.05, 0) is 24.8 Å². The maximum Gasteiger partial charge on any atom is 0.433 e. The van der Waals surface area contributed by atoms with Crippen LogP contribution in [0.3, 0.4) is 0 Å². The number of hydrogen-bond donors (Lipinski definition) is 0. The van der Waals surface area contributed by atoms with Crippen molar-refractivity contribution >= 4 is 11.6 Å². The lowest BCUT2D eigenvalue weighted by molar-refractivity contribution is -0.142. The number of alkyl halides is 3. The summed E-state index contributed by atoms with van der Waals surface area (Å²) in [6.45, 7) is 6.32. The number of halogens is 3. The average Bonchev–Trinajstić information content (AvgIpc) is 3.43. The molecule has 10 heteroatoms. The summed E-state index contributed by atoms with van der Waals surface area (Å²) in [5, 5.41) is 8.04. The maximum absolute atomic E-state index is 13.6. The maximum atomic E-state index is 13.6. The van der Waals surface area contributed by atoms with Crippen molar-refractivity contribution in [2.24, 2.45) is 0 Å². The Bertz CT molecular complexity index is 1090. The number of hydrogen-bond acceptors (Lipinski definition) is 5.